The van der Waals surface area contributed by atoms with E-state index in [1.165, 1.54) is 0 Å². The number of aromatic hydroxyl groups is 1. The average Bonchev–Trinajstić information content (AvgIpc) is 2.21. The van der Waals surface area contributed by atoms with E-state index in [0.29, 0.717) is 6.42 Å². The number of benzene rings is 1. The molecule has 88 valence electrons. The van der Waals surface area contributed by atoms with Crippen molar-refractivity contribution in [2.45, 2.75) is 26.3 Å². The normalized spacial score (nSPS) is 12.2. The Bertz CT molecular complexity index is 379. The van der Waals surface area contributed by atoms with Gasteiger partial charge in [-0.2, -0.15) is 0 Å². The van der Waals surface area contributed by atoms with E-state index in [-0.39, 0.29) is 11.7 Å². The zero-order valence-electron chi connectivity index (χ0n) is 9.87. The summed E-state index contributed by atoms with van der Waals surface area (Å²) in [6, 6.07) is 2.81. The van der Waals surface area contributed by atoms with E-state index in [4.69, 9.17) is 5.73 Å². The molecule has 4 heteroatoms. The molecule has 0 aromatic heterocycles. The van der Waals surface area contributed by atoms with Crippen LogP contribution >= 0.6 is 0 Å². The van der Waals surface area contributed by atoms with Crippen LogP contribution in [0.3, 0.4) is 0 Å². The van der Waals surface area contributed by atoms with Gasteiger partial charge in [-0.25, -0.2) is 0 Å². The number of carbonyl (C=O) groups is 1. The molecule has 1 aromatic carbocycles. The quantitative estimate of drug-likeness (QED) is 0.702. The number of hydrogen-bond donors (Lipinski definition) is 3. The second-order valence-electron chi connectivity index (χ2n) is 3.98. The molecule has 0 spiro atoms. The monoisotopic (exact) mass is 222 g/mol. The lowest BCUT2D eigenvalue weighted by Gasteiger charge is -2.14. The van der Waals surface area contributed by atoms with Crippen molar-refractivity contribution < 1.29 is 9.90 Å². The first-order valence-corrected chi connectivity index (χ1v) is 5.22. The predicted octanol–water partition coefficient (Wildman–Crippen LogP) is 0.625. The minimum atomic E-state index is -0.549. The third-order valence-electron chi connectivity index (χ3n) is 2.69. The van der Waals surface area contributed by atoms with Crippen LogP contribution in [0, 0.1) is 13.8 Å². The molecule has 0 aliphatic heterocycles. The number of phenols is 1. The Balaban J connectivity index is 2.93. The molecule has 0 fully saturated rings. The number of hydrogen-bond acceptors (Lipinski definition) is 3. The molecule has 1 amide bonds. The summed E-state index contributed by atoms with van der Waals surface area (Å²) in [5.74, 6) is 0.0686. The van der Waals surface area contributed by atoms with Gasteiger partial charge in [-0.15, -0.1) is 0 Å². The number of phenolic OH excluding ortho intramolecular Hbond substituents is 1. The van der Waals surface area contributed by atoms with Gasteiger partial charge < -0.3 is 16.2 Å². The molecule has 1 aromatic rings. The summed E-state index contributed by atoms with van der Waals surface area (Å²) in [7, 11) is 1.57. The topological polar surface area (TPSA) is 75.4 Å². The molecule has 0 radical (unpaired) electrons. The Morgan fingerprint density at radius 3 is 2.38 bits per heavy atom. The molecule has 0 bridgehead atoms. The maximum Gasteiger partial charge on any atom is 0.237 e. The Morgan fingerprint density at radius 2 is 1.94 bits per heavy atom. The van der Waals surface area contributed by atoms with E-state index in [9.17, 15) is 9.90 Å². The van der Waals surface area contributed by atoms with E-state index < -0.39 is 6.04 Å². The lowest BCUT2D eigenvalue weighted by atomic mass is 9.96. The minimum Gasteiger partial charge on any atom is -0.508 e. The van der Waals surface area contributed by atoms with Crippen molar-refractivity contribution in [2.75, 3.05) is 7.05 Å². The molecule has 0 saturated heterocycles. The number of aryl methyl sites for hydroxylation is 2. The molecular formula is C12H18N2O2. The van der Waals surface area contributed by atoms with Crippen molar-refractivity contribution in [1.29, 1.82) is 0 Å². The van der Waals surface area contributed by atoms with Crippen LogP contribution in [-0.2, 0) is 11.2 Å². The van der Waals surface area contributed by atoms with Crippen LogP contribution in [0.2, 0.25) is 0 Å². The smallest absolute Gasteiger partial charge is 0.237 e. The standard InChI is InChI=1S/C12H18N2O2/c1-7-4-9(15)5-8(2)10(7)6-11(13)12(16)14-3/h4-5,11,15H,6,13H2,1-3H3,(H,14,16)/t11-/m0/s1. The van der Waals surface area contributed by atoms with Gasteiger partial charge in [-0.05, 0) is 49.1 Å². The van der Waals surface area contributed by atoms with Gasteiger partial charge in [0.05, 0.1) is 6.04 Å². The molecular weight excluding hydrogens is 204 g/mol. The molecule has 0 unspecified atom stereocenters. The van der Waals surface area contributed by atoms with Gasteiger partial charge in [0.25, 0.3) is 0 Å². The maximum atomic E-state index is 11.3. The Morgan fingerprint density at radius 1 is 1.44 bits per heavy atom. The summed E-state index contributed by atoms with van der Waals surface area (Å²) < 4.78 is 0. The number of amides is 1. The Hall–Kier alpha value is -1.55. The first-order chi connectivity index (χ1) is 7.45. The summed E-state index contributed by atoms with van der Waals surface area (Å²) in [6.07, 6.45) is 0.484. The van der Waals surface area contributed by atoms with Crippen LogP contribution in [0.15, 0.2) is 12.1 Å². The molecule has 0 heterocycles. The molecule has 0 saturated carbocycles. The predicted molar refractivity (Wildman–Crippen MR) is 63.3 cm³/mol. The zero-order valence-corrected chi connectivity index (χ0v) is 9.87. The molecule has 0 aliphatic carbocycles. The number of likely N-dealkylation sites (N-methyl/N-ethyl adjacent to an activating group) is 1. The van der Waals surface area contributed by atoms with Crippen LogP contribution < -0.4 is 11.1 Å². The van der Waals surface area contributed by atoms with E-state index in [1.807, 2.05) is 13.8 Å². The fourth-order valence-corrected chi connectivity index (χ4v) is 1.79. The molecule has 1 atom stereocenters. The van der Waals surface area contributed by atoms with Crippen molar-refractivity contribution >= 4 is 5.91 Å². The summed E-state index contributed by atoms with van der Waals surface area (Å²) in [5, 5.41) is 11.9. The van der Waals surface area contributed by atoms with Gasteiger partial charge in [0, 0.05) is 7.05 Å². The summed E-state index contributed by atoms with van der Waals surface area (Å²) in [5.41, 5.74) is 8.69. The number of nitrogens with one attached hydrogen (secondary N) is 1. The molecule has 1 rings (SSSR count). The van der Waals surface area contributed by atoms with E-state index in [1.54, 1.807) is 19.2 Å². The molecule has 4 N–H and O–H groups in total. The van der Waals surface area contributed by atoms with Crippen LogP contribution in [0.1, 0.15) is 16.7 Å². The molecule has 16 heavy (non-hydrogen) atoms. The zero-order chi connectivity index (χ0) is 12.3. The molecule has 4 nitrogen and oxygen atoms in total. The Labute approximate surface area is 95.5 Å². The average molecular weight is 222 g/mol. The highest BCUT2D eigenvalue weighted by Crippen LogP contribution is 2.21. The summed E-state index contributed by atoms with van der Waals surface area (Å²) in [4.78, 5) is 11.3. The van der Waals surface area contributed by atoms with E-state index >= 15 is 0 Å². The number of carbonyl (C=O) groups excluding carboxylic acids is 1. The van der Waals surface area contributed by atoms with Gasteiger partial charge in [-0.3, -0.25) is 4.79 Å². The first kappa shape index (κ1) is 12.5. The third kappa shape index (κ3) is 2.73. The van der Waals surface area contributed by atoms with Gasteiger partial charge in [0.1, 0.15) is 5.75 Å². The number of rotatable bonds is 3. The van der Waals surface area contributed by atoms with Gasteiger partial charge in [0.2, 0.25) is 5.91 Å². The van der Waals surface area contributed by atoms with Crippen molar-refractivity contribution in [3.05, 3.63) is 28.8 Å². The van der Waals surface area contributed by atoms with Crippen LogP contribution in [-0.4, -0.2) is 24.1 Å². The first-order valence-electron chi connectivity index (χ1n) is 5.22. The number of nitrogens with two attached hydrogens (primary N) is 1. The van der Waals surface area contributed by atoms with Gasteiger partial charge in [0.15, 0.2) is 0 Å². The van der Waals surface area contributed by atoms with Crippen LogP contribution in [0.5, 0.6) is 5.75 Å². The third-order valence-corrected chi connectivity index (χ3v) is 2.69. The SMILES string of the molecule is CNC(=O)[C@@H](N)Cc1c(C)cc(O)cc1C. The largest absolute Gasteiger partial charge is 0.508 e. The van der Waals surface area contributed by atoms with Crippen molar-refractivity contribution in [1.82, 2.24) is 5.32 Å². The minimum absolute atomic E-state index is 0.174. The highest BCUT2D eigenvalue weighted by molar-refractivity contribution is 5.81. The lowest BCUT2D eigenvalue weighted by molar-refractivity contribution is -0.121. The second-order valence-corrected chi connectivity index (χ2v) is 3.98. The van der Waals surface area contributed by atoms with Crippen molar-refractivity contribution in [2.24, 2.45) is 5.73 Å². The summed E-state index contributed by atoms with van der Waals surface area (Å²) in [6.45, 7) is 3.80. The summed E-state index contributed by atoms with van der Waals surface area (Å²) >= 11 is 0. The van der Waals surface area contributed by atoms with Crippen molar-refractivity contribution in [3.8, 4) is 5.75 Å². The Kier molecular flexibility index (Phi) is 3.90. The second kappa shape index (κ2) is 4.99. The van der Waals surface area contributed by atoms with E-state index in [2.05, 4.69) is 5.32 Å². The fraction of sp³-hybridized carbons (Fsp3) is 0.417. The van der Waals surface area contributed by atoms with Crippen LogP contribution in [0.4, 0.5) is 0 Å². The van der Waals surface area contributed by atoms with E-state index in [0.717, 1.165) is 16.7 Å². The fourth-order valence-electron chi connectivity index (χ4n) is 1.79. The maximum absolute atomic E-state index is 11.3. The van der Waals surface area contributed by atoms with Crippen LogP contribution in [0.25, 0.3) is 0 Å². The van der Waals surface area contributed by atoms with Crippen molar-refractivity contribution in [3.63, 3.8) is 0 Å². The van der Waals surface area contributed by atoms with Gasteiger partial charge in [-0.1, -0.05) is 0 Å². The highest BCUT2D eigenvalue weighted by atomic mass is 16.3. The van der Waals surface area contributed by atoms with Gasteiger partial charge >= 0.3 is 0 Å². The highest BCUT2D eigenvalue weighted by Gasteiger charge is 2.15. The molecule has 0 aliphatic rings. The lowest BCUT2D eigenvalue weighted by Crippen LogP contribution is -2.40.